The third kappa shape index (κ3) is 3.66. The Morgan fingerprint density at radius 2 is 2.07 bits per heavy atom. The molecule has 2 saturated heterocycles. The lowest BCUT2D eigenvalue weighted by Gasteiger charge is -2.49. The van der Waals surface area contributed by atoms with E-state index in [0.717, 1.165) is 12.8 Å². The van der Waals surface area contributed by atoms with Gasteiger partial charge in [-0.25, -0.2) is 4.79 Å². The van der Waals surface area contributed by atoms with Crippen molar-refractivity contribution in [3.8, 4) is 0 Å². The Morgan fingerprint density at radius 3 is 2.59 bits per heavy atom. The van der Waals surface area contributed by atoms with Crippen LogP contribution in [0.2, 0.25) is 0 Å². The fourth-order valence-corrected chi connectivity index (χ4v) is 5.36. The summed E-state index contributed by atoms with van der Waals surface area (Å²) in [6.07, 6.45) is 2.64. The summed E-state index contributed by atoms with van der Waals surface area (Å²) in [5.74, 6) is 0.254. The maximum Gasteiger partial charge on any atom is 0.416 e. The number of hydrogen-bond donors (Lipinski definition) is 1. The van der Waals surface area contributed by atoms with Gasteiger partial charge in [0.1, 0.15) is 6.61 Å². The van der Waals surface area contributed by atoms with Crippen LogP contribution in [-0.2, 0) is 9.53 Å². The second kappa shape index (κ2) is 6.77. The highest BCUT2D eigenvalue weighted by Crippen LogP contribution is 2.47. The molecule has 1 N–H and O–H groups in total. The smallest absolute Gasteiger partial charge is 0.416 e. The first-order valence-corrected chi connectivity index (χ1v) is 10.2. The monoisotopic (exact) mass is 412 g/mol. The van der Waals surface area contributed by atoms with E-state index in [2.05, 4.69) is 5.32 Å². The number of carbonyl (C=O) groups excluding carboxylic acids is 2. The Balaban J connectivity index is 1.33. The lowest BCUT2D eigenvalue weighted by Crippen LogP contribution is -2.60. The van der Waals surface area contributed by atoms with Gasteiger partial charge in [-0.3, -0.25) is 4.79 Å². The molecule has 0 aromatic carbocycles. The van der Waals surface area contributed by atoms with Crippen LogP contribution in [0.25, 0.3) is 0 Å². The van der Waals surface area contributed by atoms with Crippen LogP contribution >= 0.6 is 0 Å². The van der Waals surface area contributed by atoms with Gasteiger partial charge in [0.05, 0.1) is 11.1 Å². The van der Waals surface area contributed by atoms with E-state index in [4.69, 9.17) is 4.74 Å². The van der Waals surface area contributed by atoms with Gasteiger partial charge in [-0.1, -0.05) is 25.2 Å². The van der Waals surface area contributed by atoms with Crippen molar-refractivity contribution < 1.29 is 27.5 Å². The minimum atomic E-state index is -4.30. The average molecular weight is 412 g/mol. The number of allylic oxidation sites excluding steroid dienone is 4. The predicted molar refractivity (Wildman–Crippen MR) is 99.8 cm³/mol. The molecule has 0 aromatic heterocycles. The van der Waals surface area contributed by atoms with E-state index < -0.39 is 17.8 Å². The van der Waals surface area contributed by atoms with Crippen molar-refractivity contribution in [3.63, 3.8) is 0 Å². The molecule has 1 spiro atoms. The first kappa shape index (κ1) is 20.3. The number of alkyl carbamates (subject to hydrolysis) is 1. The van der Waals surface area contributed by atoms with Crippen molar-refractivity contribution in [3.05, 3.63) is 23.8 Å². The number of alkyl halides is 3. The lowest BCUT2D eigenvalue weighted by molar-refractivity contribution is -0.146. The van der Waals surface area contributed by atoms with Crippen molar-refractivity contribution in [2.24, 2.45) is 17.3 Å². The maximum atomic E-state index is 13.0. The molecule has 0 aromatic rings. The summed E-state index contributed by atoms with van der Waals surface area (Å²) in [4.78, 5) is 26.1. The van der Waals surface area contributed by atoms with Gasteiger partial charge in [0.2, 0.25) is 5.91 Å². The molecule has 0 bridgehead atoms. The molecule has 0 radical (unpaired) electrons. The first-order chi connectivity index (χ1) is 13.5. The quantitative estimate of drug-likeness (QED) is 0.747. The molecule has 3 fully saturated rings. The zero-order valence-electron chi connectivity index (χ0n) is 16.7. The number of hydrogen-bond acceptors (Lipinski definition) is 3. The number of nitrogens with zero attached hydrogens (tertiary/aromatic N) is 1. The van der Waals surface area contributed by atoms with Gasteiger partial charge >= 0.3 is 12.3 Å². The molecule has 5 nitrogen and oxygen atoms in total. The molecule has 2 heterocycles. The number of amides is 2. The molecule has 4 aliphatic rings. The van der Waals surface area contributed by atoms with Crippen LogP contribution in [0.4, 0.5) is 18.0 Å². The number of carbonyl (C=O) groups is 2. The summed E-state index contributed by atoms with van der Waals surface area (Å²) in [5.41, 5.74) is -1.26. The van der Waals surface area contributed by atoms with Gasteiger partial charge in [-0.15, -0.1) is 0 Å². The van der Waals surface area contributed by atoms with Gasteiger partial charge in [-0.2, -0.15) is 13.2 Å². The summed E-state index contributed by atoms with van der Waals surface area (Å²) in [7, 11) is 0. The first-order valence-electron chi connectivity index (χ1n) is 10.2. The van der Waals surface area contributed by atoms with E-state index in [9.17, 15) is 22.8 Å². The molecule has 29 heavy (non-hydrogen) atoms. The normalized spacial score (nSPS) is 39.6. The fraction of sp³-hybridized carbons (Fsp3) is 0.714. The second-order valence-electron chi connectivity index (χ2n) is 9.39. The summed E-state index contributed by atoms with van der Waals surface area (Å²) in [5, 5.41) is 2.81. The van der Waals surface area contributed by atoms with Gasteiger partial charge in [0, 0.05) is 18.5 Å². The average Bonchev–Trinajstić information content (AvgIpc) is 3.01. The Bertz CT molecular complexity index is 770. The molecular formula is C21H27F3N2O3. The standard InChI is InChI=1S/C21H27F3N2O3/c1-13-9-16(19(2)6-3-15(4-7-19)21(22,23)24)5-8-26(13)17(27)14-10-20(11-14)12-29-18(28)25-20/h3-4,6,13-14,16H,5,7-12H2,1-2H3,(H,25,28)/t13-,14-,16-,19?,20+/m0/s1. The molecule has 160 valence electrons. The highest BCUT2D eigenvalue weighted by molar-refractivity contribution is 5.82. The number of ether oxygens (including phenoxy) is 1. The third-order valence-corrected chi connectivity index (χ3v) is 7.29. The SMILES string of the molecule is C[C@H]1C[C@@H](C2(C)C=CC(C(F)(F)F)=CC2)CCN1C(=O)[C@H]1C[C@]2(COC(=O)N2)C1. The van der Waals surface area contributed by atoms with E-state index >= 15 is 0 Å². The highest BCUT2D eigenvalue weighted by atomic mass is 19.4. The van der Waals surface area contributed by atoms with E-state index in [1.807, 2.05) is 18.7 Å². The number of rotatable bonds is 2. The summed E-state index contributed by atoms with van der Waals surface area (Å²) in [6.45, 7) is 4.98. The predicted octanol–water partition coefficient (Wildman–Crippen LogP) is 3.96. The van der Waals surface area contributed by atoms with Crippen molar-refractivity contribution in [2.75, 3.05) is 13.2 Å². The molecule has 3 atom stereocenters. The minimum absolute atomic E-state index is 0.0467. The summed E-state index contributed by atoms with van der Waals surface area (Å²) >= 11 is 0. The molecule has 2 aliphatic carbocycles. The van der Waals surface area contributed by atoms with E-state index in [1.165, 1.54) is 12.2 Å². The zero-order chi connectivity index (χ0) is 21.0. The molecular weight excluding hydrogens is 385 g/mol. The van der Waals surface area contributed by atoms with Crippen molar-refractivity contribution in [1.82, 2.24) is 10.2 Å². The largest absolute Gasteiger partial charge is 0.447 e. The number of cyclic esters (lactones) is 1. The van der Waals surface area contributed by atoms with Crippen LogP contribution in [0, 0.1) is 17.3 Å². The topological polar surface area (TPSA) is 58.6 Å². The number of halogens is 3. The third-order valence-electron chi connectivity index (χ3n) is 7.29. The number of piperidine rings is 1. The number of nitrogens with one attached hydrogen (secondary N) is 1. The Morgan fingerprint density at radius 1 is 1.34 bits per heavy atom. The van der Waals surface area contributed by atoms with Gasteiger partial charge in [-0.05, 0) is 50.4 Å². The van der Waals surface area contributed by atoms with E-state index in [1.54, 1.807) is 6.08 Å². The highest BCUT2D eigenvalue weighted by Gasteiger charge is 2.54. The molecule has 8 heteroatoms. The van der Waals surface area contributed by atoms with Crippen molar-refractivity contribution in [2.45, 2.75) is 63.7 Å². The molecule has 1 saturated carbocycles. The Kier molecular flexibility index (Phi) is 4.74. The summed E-state index contributed by atoms with van der Waals surface area (Å²) in [6, 6.07) is 0.0467. The minimum Gasteiger partial charge on any atom is -0.447 e. The fourth-order valence-electron chi connectivity index (χ4n) is 5.36. The van der Waals surface area contributed by atoms with Crippen LogP contribution in [0.1, 0.15) is 46.0 Å². The van der Waals surface area contributed by atoms with Gasteiger partial charge in [0.15, 0.2) is 0 Å². The molecule has 2 amide bonds. The Labute approximate surface area is 168 Å². The zero-order valence-corrected chi connectivity index (χ0v) is 16.7. The summed E-state index contributed by atoms with van der Waals surface area (Å²) < 4.78 is 43.6. The Hall–Kier alpha value is -1.99. The van der Waals surface area contributed by atoms with Gasteiger partial charge < -0.3 is 15.0 Å². The molecule has 4 rings (SSSR count). The van der Waals surface area contributed by atoms with Crippen molar-refractivity contribution in [1.29, 1.82) is 0 Å². The molecule has 2 aliphatic heterocycles. The van der Waals surface area contributed by atoms with Crippen LogP contribution in [0.3, 0.4) is 0 Å². The van der Waals surface area contributed by atoms with Crippen molar-refractivity contribution >= 4 is 12.0 Å². The molecule has 1 unspecified atom stereocenters. The lowest BCUT2D eigenvalue weighted by atomic mass is 9.66. The second-order valence-corrected chi connectivity index (χ2v) is 9.39. The van der Waals surface area contributed by atoms with Gasteiger partial charge in [0.25, 0.3) is 0 Å². The van der Waals surface area contributed by atoms with Crippen LogP contribution in [-0.4, -0.2) is 47.8 Å². The number of likely N-dealkylation sites (tertiary alicyclic amines) is 1. The van der Waals surface area contributed by atoms with E-state index in [0.29, 0.717) is 32.4 Å². The van der Waals surface area contributed by atoms with E-state index in [-0.39, 0.29) is 34.7 Å². The van der Waals surface area contributed by atoms with Crippen LogP contribution in [0.15, 0.2) is 23.8 Å². The van der Waals surface area contributed by atoms with Crippen LogP contribution < -0.4 is 5.32 Å². The van der Waals surface area contributed by atoms with Crippen LogP contribution in [0.5, 0.6) is 0 Å². The maximum absolute atomic E-state index is 13.0.